The zero-order valence-electron chi connectivity index (χ0n) is 11.2. The molecule has 0 fully saturated rings. The molecule has 5 heteroatoms. The Labute approximate surface area is 112 Å². The first kappa shape index (κ1) is 15.2. The molecule has 0 radical (unpaired) electrons. The fourth-order valence-corrected chi connectivity index (χ4v) is 1.57. The van der Waals surface area contributed by atoms with Gasteiger partial charge in [-0.05, 0) is 12.5 Å². The number of carbonyl (C=O) groups excluding carboxylic acids is 2. The number of esters is 1. The van der Waals surface area contributed by atoms with Crippen LogP contribution >= 0.6 is 0 Å². The van der Waals surface area contributed by atoms with E-state index in [9.17, 15) is 9.59 Å². The van der Waals surface area contributed by atoms with Gasteiger partial charge in [-0.3, -0.25) is 9.59 Å². The molecule has 0 aromatic heterocycles. The zero-order chi connectivity index (χ0) is 14.1. The summed E-state index contributed by atoms with van der Waals surface area (Å²) in [6.45, 7) is 1.97. The molecule has 1 aromatic rings. The lowest BCUT2D eigenvalue weighted by Crippen LogP contribution is -2.38. The van der Waals surface area contributed by atoms with E-state index in [1.807, 2.05) is 37.3 Å². The van der Waals surface area contributed by atoms with Gasteiger partial charge in [0, 0.05) is 13.2 Å². The quantitative estimate of drug-likeness (QED) is 0.745. The summed E-state index contributed by atoms with van der Waals surface area (Å²) < 4.78 is 9.78. The van der Waals surface area contributed by atoms with E-state index in [-0.39, 0.29) is 25.0 Å². The molecule has 5 nitrogen and oxygen atoms in total. The molecule has 1 amide bonds. The molecule has 0 aliphatic rings. The average Bonchev–Trinajstić information content (AvgIpc) is 2.38. The fourth-order valence-electron chi connectivity index (χ4n) is 1.57. The standard InChI is InChI=1S/C14H19NO4/c1-11(9-18-2)15-13(16)10-19-14(17)8-12-6-4-3-5-7-12/h3-7,11H,8-10H2,1-2H3,(H,15,16). The highest BCUT2D eigenvalue weighted by atomic mass is 16.5. The summed E-state index contributed by atoms with van der Waals surface area (Å²) in [6, 6.07) is 9.14. The molecule has 0 heterocycles. The molecule has 0 aliphatic carbocycles. The number of benzene rings is 1. The Balaban J connectivity index is 2.25. The van der Waals surface area contributed by atoms with E-state index in [0.717, 1.165) is 5.56 Å². The van der Waals surface area contributed by atoms with E-state index < -0.39 is 5.97 Å². The van der Waals surface area contributed by atoms with E-state index in [4.69, 9.17) is 9.47 Å². The molecule has 1 aromatic carbocycles. The van der Waals surface area contributed by atoms with Crippen LogP contribution in [-0.2, 0) is 25.5 Å². The first-order chi connectivity index (χ1) is 9.11. The minimum absolute atomic E-state index is 0.106. The highest BCUT2D eigenvalue weighted by Crippen LogP contribution is 2.00. The molecule has 0 aliphatic heterocycles. The van der Waals surface area contributed by atoms with Crippen molar-refractivity contribution >= 4 is 11.9 Å². The second kappa shape index (κ2) is 8.26. The fraction of sp³-hybridized carbons (Fsp3) is 0.429. The number of carbonyl (C=O) groups is 2. The Morgan fingerprint density at radius 2 is 1.95 bits per heavy atom. The van der Waals surface area contributed by atoms with Crippen molar-refractivity contribution in [3.05, 3.63) is 35.9 Å². The Morgan fingerprint density at radius 1 is 1.26 bits per heavy atom. The van der Waals surface area contributed by atoms with Gasteiger partial charge < -0.3 is 14.8 Å². The molecular formula is C14H19NO4. The highest BCUT2D eigenvalue weighted by molar-refractivity contribution is 5.81. The predicted octanol–water partition coefficient (Wildman–Crippen LogP) is 0.923. The second-order valence-electron chi connectivity index (χ2n) is 4.25. The number of nitrogens with one attached hydrogen (secondary N) is 1. The van der Waals surface area contributed by atoms with Crippen molar-refractivity contribution in [3.8, 4) is 0 Å². The lowest BCUT2D eigenvalue weighted by atomic mass is 10.2. The van der Waals surface area contributed by atoms with Crippen LogP contribution in [0, 0.1) is 0 Å². The van der Waals surface area contributed by atoms with Crippen LogP contribution in [0.1, 0.15) is 12.5 Å². The number of hydrogen-bond acceptors (Lipinski definition) is 4. The van der Waals surface area contributed by atoms with Crippen LogP contribution in [0.15, 0.2) is 30.3 Å². The van der Waals surface area contributed by atoms with Crippen molar-refractivity contribution in [2.24, 2.45) is 0 Å². The van der Waals surface area contributed by atoms with E-state index in [1.165, 1.54) is 0 Å². The van der Waals surface area contributed by atoms with Gasteiger partial charge in [-0.2, -0.15) is 0 Å². The number of ether oxygens (including phenoxy) is 2. The molecule has 1 atom stereocenters. The summed E-state index contributed by atoms with van der Waals surface area (Å²) in [5, 5.41) is 2.66. The third-order valence-corrected chi connectivity index (χ3v) is 2.38. The van der Waals surface area contributed by atoms with Gasteiger partial charge in [0.2, 0.25) is 0 Å². The zero-order valence-corrected chi connectivity index (χ0v) is 11.2. The molecular weight excluding hydrogens is 246 g/mol. The van der Waals surface area contributed by atoms with E-state index in [2.05, 4.69) is 5.32 Å². The maximum Gasteiger partial charge on any atom is 0.310 e. The molecule has 1 unspecified atom stereocenters. The SMILES string of the molecule is COCC(C)NC(=O)COC(=O)Cc1ccccc1. The van der Waals surface area contributed by atoms with Crippen LogP contribution < -0.4 is 5.32 Å². The van der Waals surface area contributed by atoms with Crippen LogP contribution in [0.4, 0.5) is 0 Å². The Morgan fingerprint density at radius 3 is 2.58 bits per heavy atom. The molecule has 1 N–H and O–H groups in total. The lowest BCUT2D eigenvalue weighted by molar-refractivity contribution is -0.148. The molecule has 0 saturated heterocycles. The van der Waals surface area contributed by atoms with Crippen molar-refractivity contribution in [2.75, 3.05) is 20.3 Å². The van der Waals surface area contributed by atoms with Gasteiger partial charge in [0.05, 0.1) is 13.0 Å². The van der Waals surface area contributed by atoms with Gasteiger partial charge in [-0.25, -0.2) is 0 Å². The number of hydrogen-bond donors (Lipinski definition) is 1. The minimum atomic E-state index is -0.416. The number of rotatable bonds is 7. The Kier molecular flexibility index (Phi) is 6.60. The van der Waals surface area contributed by atoms with Crippen molar-refractivity contribution in [1.29, 1.82) is 0 Å². The van der Waals surface area contributed by atoms with Gasteiger partial charge in [-0.1, -0.05) is 30.3 Å². The third-order valence-electron chi connectivity index (χ3n) is 2.38. The monoisotopic (exact) mass is 265 g/mol. The van der Waals surface area contributed by atoms with Crippen molar-refractivity contribution < 1.29 is 19.1 Å². The number of methoxy groups -OCH3 is 1. The minimum Gasteiger partial charge on any atom is -0.455 e. The van der Waals surface area contributed by atoms with Gasteiger partial charge in [0.15, 0.2) is 6.61 Å². The first-order valence-corrected chi connectivity index (χ1v) is 6.09. The molecule has 1 rings (SSSR count). The Hall–Kier alpha value is -1.88. The summed E-state index contributed by atoms with van der Waals surface area (Å²) in [6.07, 6.45) is 0.168. The smallest absolute Gasteiger partial charge is 0.310 e. The van der Waals surface area contributed by atoms with Gasteiger partial charge in [-0.15, -0.1) is 0 Å². The van der Waals surface area contributed by atoms with Crippen molar-refractivity contribution in [2.45, 2.75) is 19.4 Å². The normalized spacial score (nSPS) is 11.7. The number of amides is 1. The molecule has 0 saturated carbocycles. The van der Waals surface area contributed by atoms with Crippen LogP contribution in [-0.4, -0.2) is 38.2 Å². The molecule has 19 heavy (non-hydrogen) atoms. The lowest BCUT2D eigenvalue weighted by Gasteiger charge is -2.12. The van der Waals surface area contributed by atoms with Crippen molar-refractivity contribution in [1.82, 2.24) is 5.32 Å². The van der Waals surface area contributed by atoms with Crippen molar-refractivity contribution in [3.63, 3.8) is 0 Å². The van der Waals surface area contributed by atoms with Crippen LogP contribution in [0.2, 0.25) is 0 Å². The maximum atomic E-state index is 11.5. The van der Waals surface area contributed by atoms with E-state index in [1.54, 1.807) is 7.11 Å². The van der Waals surface area contributed by atoms with Crippen LogP contribution in [0.25, 0.3) is 0 Å². The predicted molar refractivity (Wildman–Crippen MR) is 70.6 cm³/mol. The summed E-state index contributed by atoms with van der Waals surface area (Å²) in [7, 11) is 1.56. The first-order valence-electron chi connectivity index (χ1n) is 6.09. The molecule has 0 spiro atoms. The Bertz CT molecular complexity index is 405. The third kappa shape index (κ3) is 6.57. The highest BCUT2D eigenvalue weighted by Gasteiger charge is 2.10. The second-order valence-corrected chi connectivity index (χ2v) is 4.25. The summed E-state index contributed by atoms with van der Waals surface area (Å²) in [4.78, 5) is 22.9. The van der Waals surface area contributed by atoms with Crippen LogP contribution in [0.3, 0.4) is 0 Å². The molecule has 104 valence electrons. The average molecular weight is 265 g/mol. The summed E-state index contributed by atoms with van der Waals surface area (Å²) in [5.74, 6) is -0.744. The van der Waals surface area contributed by atoms with E-state index >= 15 is 0 Å². The summed E-state index contributed by atoms with van der Waals surface area (Å²) in [5.41, 5.74) is 0.862. The maximum absolute atomic E-state index is 11.5. The van der Waals surface area contributed by atoms with Gasteiger partial charge in [0.1, 0.15) is 0 Å². The largest absolute Gasteiger partial charge is 0.455 e. The van der Waals surface area contributed by atoms with Gasteiger partial charge >= 0.3 is 5.97 Å². The van der Waals surface area contributed by atoms with E-state index in [0.29, 0.717) is 6.61 Å². The van der Waals surface area contributed by atoms with Crippen LogP contribution in [0.5, 0.6) is 0 Å². The van der Waals surface area contributed by atoms with Gasteiger partial charge in [0.25, 0.3) is 5.91 Å². The summed E-state index contributed by atoms with van der Waals surface area (Å²) >= 11 is 0. The molecule has 0 bridgehead atoms. The topological polar surface area (TPSA) is 64.6 Å².